The Morgan fingerprint density at radius 2 is 1.57 bits per heavy atom. The molecule has 3 aromatic carbocycles. The van der Waals surface area contributed by atoms with Gasteiger partial charge in [-0.2, -0.15) is 0 Å². The quantitative estimate of drug-likeness (QED) is 0.597. The van der Waals surface area contributed by atoms with Crippen molar-refractivity contribution < 1.29 is 14.3 Å². The van der Waals surface area contributed by atoms with E-state index in [2.05, 4.69) is 6.07 Å². The number of hydrogen-bond acceptors (Lipinski definition) is 3. The lowest BCUT2D eigenvalue weighted by Gasteiger charge is -2.30. The Balaban J connectivity index is 1.43. The highest BCUT2D eigenvalue weighted by Gasteiger charge is 2.27. The number of rotatable bonds is 5. The lowest BCUT2D eigenvalue weighted by molar-refractivity contribution is -0.140. The van der Waals surface area contributed by atoms with E-state index in [1.54, 1.807) is 17.9 Å². The fraction of sp³-hybridized carbons (Fsp3) is 0.231. The van der Waals surface area contributed by atoms with Crippen LogP contribution in [-0.4, -0.2) is 29.4 Å². The van der Waals surface area contributed by atoms with Gasteiger partial charge >= 0.3 is 5.97 Å². The summed E-state index contributed by atoms with van der Waals surface area (Å²) in [5, 5.41) is 0. The average molecular weight is 399 g/mol. The highest BCUT2D eigenvalue weighted by molar-refractivity contribution is 5.93. The Kier molecular flexibility index (Phi) is 5.94. The summed E-state index contributed by atoms with van der Waals surface area (Å²) in [5.41, 5.74) is 4.95. The molecule has 4 heteroatoms. The van der Waals surface area contributed by atoms with Crippen molar-refractivity contribution in [1.29, 1.82) is 0 Å². The number of fused-ring (bicyclic) bond motifs is 1. The number of carbonyl (C=O) groups excluding carboxylic acids is 2. The summed E-state index contributed by atoms with van der Waals surface area (Å²) in [6, 6.07) is 25.6. The first-order valence-electron chi connectivity index (χ1n) is 10.3. The molecule has 4 rings (SSSR count). The van der Waals surface area contributed by atoms with E-state index in [0.29, 0.717) is 25.1 Å². The number of amides is 1. The van der Waals surface area contributed by atoms with Gasteiger partial charge < -0.3 is 9.64 Å². The molecule has 1 atom stereocenters. The van der Waals surface area contributed by atoms with E-state index in [1.807, 2.05) is 66.7 Å². The topological polar surface area (TPSA) is 46.6 Å². The van der Waals surface area contributed by atoms with Crippen LogP contribution < -0.4 is 0 Å². The molecule has 1 aliphatic rings. The Morgan fingerprint density at radius 1 is 0.900 bits per heavy atom. The van der Waals surface area contributed by atoms with E-state index >= 15 is 0 Å². The summed E-state index contributed by atoms with van der Waals surface area (Å²) in [7, 11) is 0. The normalized spacial score (nSPS) is 14.0. The van der Waals surface area contributed by atoms with E-state index in [9.17, 15) is 9.59 Å². The maximum Gasteiger partial charge on any atom is 0.339 e. The predicted molar refractivity (Wildman–Crippen MR) is 116 cm³/mol. The van der Waals surface area contributed by atoms with Crippen LogP contribution in [0.15, 0.2) is 78.9 Å². The minimum atomic E-state index is -0.826. The Hall–Kier alpha value is -3.40. The van der Waals surface area contributed by atoms with Gasteiger partial charge in [-0.05, 0) is 48.1 Å². The standard InChI is InChI=1S/C26H25NO3/c1-19(25(28)27-16-15-21-11-5-6-13-23(21)18-27)30-26(29)24-14-8-7-12-22(24)17-20-9-3-2-4-10-20/h2-14,19H,15-18H2,1H3/t19-/m0/s1. The van der Waals surface area contributed by atoms with Crippen molar-refractivity contribution in [3.05, 3.63) is 107 Å². The molecule has 1 heterocycles. The highest BCUT2D eigenvalue weighted by atomic mass is 16.5. The van der Waals surface area contributed by atoms with Gasteiger partial charge in [0.15, 0.2) is 6.10 Å². The summed E-state index contributed by atoms with van der Waals surface area (Å²) >= 11 is 0. The molecule has 0 saturated carbocycles. The second kappa shape index (κ2) is 8.95. The van der Waals surface area contributed by atoms with Gasteiger partial charge in [-0.25, -0.2) is 4.79 Å². The van der Waals surface area contributed by atoms with Gasteiger partial charge in [0, 0.05) is 13.1 Å². The Labute approximate surface area is 177 Å². The molecule has 0 aliphatic carbocycles. The van der Waals surface area contributed by atoms with Crippen LogP contribution in [-0.2, 0) is 28.9 Å². The molecule has 152 valence electrons. The lowest BCUT2D eigenvalue weighted by atomic mass is 9.99. The fourth-order valence-corrected chi connectivity index (χ4v) is 3.90. The van der Waals surface area contributed by atoms with Crippen LogP contribution >= 0.6 is 0 Å². The molecule has 4 nitrogen and oxygen atoms in total. The van der Waals surface area contributed by atoms with Gasteiger partial charge in [-0.1, -0.05) is 72.8 Å². The van der Waals surface area contributed by atoms with Crippen LogP contribution in [0, 0.1) is 0 Å². The number of ether oxygens (including phenoxy) is 1. The first kappa shape index (κ1) is 19.9. The number of esters is 1. The third kappa shape index (κ3) is 4.43. The largest absolute Gasteiger partial charge is 0.449 e. The van der Waals surface area contributed by atoms with E-state index in [-0.39, 0.29) is 5.91 Å². The van der Waals surface area contributed by atoms with Crippen LogP contribution in [0.2, 0.25) is 0 Å². The van der Waals surface area contributed by atoms with E-state index in [4.69, 9.17) is 4.74 Å². The van der Waals surface area contributed by atoms with Gasteiger partial charge in [-0.15, -0.1) is 0 Å². The molecular formula is C26H25NO3. The molecule has 0 radical (unpaired) electrons. The molecule has 0 bridgehead atoms. The van der Waals surface area contributed by atoms with Crippen molar-refractivity contribution >= 4 is 11.9 Å². The van der Waals surface area contributed by atoms with E-state index < -0.39 is 12.1 Å². The van der Waals surface area contributed by atoms with Crippen LogP contribution in [0.25, 0.3) is 0 Å². The Morgan fingerprint density at radius 3 is 2.37 bits per heavy atom. The van der Waals surface area contributed by atoms with Gasteiger partial charge in [0.1, 0.15) is 0 Å². The molecule has 1 amide bonds. The number of hydrogen-bond donors (Lipinski definition) is 0. The first-order chi connectivity index (χ1) is 14.6. The zero-order valence-corrected chi connectivity index (χ0v) is 17.1. The fourth-order valence-electron chi connectivity index (χ4n) is 3.90. The number of benzene rings is 3. The van der Waals surface area contributed by atoms with Crippen molar-refractivity contribution in [2.75, 3.05) is 6.54 Å². The van der Waals surface area contributed by atoms with Crippen molar-refractivity contribution in [3.8, 4) is 0 Å². The van der Waals surface area contributed by atoms with E-state index in [1.165, 1.54) is 5.56 Å². The van der Waals surface area contributed by atoms with Gasteiger partial charge in [0.05, 0.1) is 5.56 Å². The molecule has 30 heavy (non-hydrogen) atoms. The third-order valence-electron chi connectivity index (χ3n) is 5.55. The zero-order chi connectivity index (χ0) is 20.9. The monoisotopic (exact) mass is 399 g/mol. The molecule has 0 aromatic heterocycles. The van der Waals surface area contributed by atoms with Crippen LogP contribution in [0.3, 0.4) is 0 Å². The highest BCUT2D eigenvalue weighted by Crippen LogP contribution is 2.21. The molecule has 3 aromatic rings. The molecular weight excluding hydrogens is 374 g/mol. The molecule has 0 fully saturated rings. The number of carbonyl (C=O) groups is 2. The lowest BCUT2D eigenvalue weighted by Crippen LogP contribution is -2.42. The van der Waals surface area contributed by atoms with Crippen LogP contribution in [0.1, 0.15) is 39.5 Å². The summed E-state index contributed by atoms with van der Waals surface area (Å²) in [6.45, 7) is 2.85. The van der Waals surface area contributed by atoms with Crippen molar-refractivity contribution in [2.45, 2.75) is 32.4 Å². The van der Waals surface area contributed by atoms with Gasteiger partial charge in [0.2, 0.25) is 0 Å². The summed E-state index contributed by atoms with van der Waals surface area (Å²) in [5.74, 6) is -0.613. The van der Waals surface area contributed by atoms with E-state index in [0.717, 1.165) is 23.1 Å². The minimum Gasteiger partial charge on any atom is -0.449 e. The summed E-state index contributed by atoms with van der Waals surface area (Å²) in [4.78, 5) is 27.5. The van der Waals surface area contributed by atoms with Gasteiger partial charge in [0.25, 0.3) is 5.91 Å². The minimum absolute atomic E-state index is 0.154. The second-order valence-corrected chi connectivity index (χ2v) is 7.65. The molecule has 0 saturated heterocycles. The molecule has 0 unspecified atom stereocenters. The molecule has 0 spiro atoms. The molecule has 0 N–H and O–H groups in total. The summed E-state index contributed by atoms with van der Waals surface area (Å²) in [6.07, 6.45) is 0.632. The maximum atomic E-state index is 12.9. The SMILES string of the molecule is C[C@H](OC(=O)c1ccccc1Cc1ccccc1)C(=O)N1CCc2ccccc2C1. The Bertz CT molecular complexity index is 1040. The third-order valence-corrected chi connectivity index (χ3v) is 5.55. The van der Waals surface area contributed by atoms with Gasteiger partial charge in [-0.3, -0.25) is 4.79 Å². The zero-order valence-electron chi connectivity index (χ0n) is 17.1. The maximum absolute atomic E-state index is 12.9. The first-order valence-corrected chi connectivity index (χ1v) is 10.3. The van der Waals surface area contributed by atoms with Crippen molar-refractivity contribution in [3.63, 3.8) is 0 Å². The number of nitrogens with zero attached hydrogens (tertiary/aromatic N) is 1. The van der Waals surface area contributed by atoms with Crippen LogP contribution in [0.4, 0.5) is 0 Å². The smallest absolute Gasteiger partial charge is 0.339 e. The molecule has 1 aliphatic heterocycles. The average Bonchev–Trinajstić information content (AvgIpc) is 2.79. The van der Waals surface area contributed by atoms with Crippen LogP contribution in [0.5, 0.6) is 0 Å². The predicted octanol–water partition coefficient (Wildman–Crippen LogP) is 4.41. The summed E-state index contributed by atoms with van der Waals surface area (Å²) < 4.78 is 5.59. The van der Waals surface area contributed by atoms with Crippen molar-refractivity contribution in [1.82, 2.24) is 4.90 Å². The second-order valence-electron chi connectivity index (χ2n) is 7.65. The van der Waals surface area contributed by atoms with Crippen molar-refractivity contribution in [2.24, 2.45) is 0 Å².